The number of amides is 1. The predicted octanol–water partition coefficient (Wildman–Crippen LogP) is 2.81. The molecule has 1 aliphatic carbocycles. The van der Waals surface area contributed by atoms with Gasteiger partial charge in [-0.15, -0.1) is 0 Å². The van der Waals surface area contributed by atoms with E-state index >= 15 is 0 Å². The first kappa shape index (κ1) is 22.2. The van der Waals surface area contributed by atoms with Crippen LogP contribution in [-0.4, -0.2) is 50.4 Å². The average Bonchev–Trinajstić information content (AvgIpc) is 3.54. The third kappa shape index (κ3) is 4.89. The minimum Gasteiger partial charge on any atom is -0.384 e. The van der Waals surface area contributed by atoms with Crippen molar-refractivity contribution in [2.24, 2.45) is 0 Å². The van der Waals surface area contributed by atoms with Crippen molar-refractivity contribution in [3.05, 3.63) is 58.8 Å². The molecule has 0 aliphatic heterocycles. The summed E-state index contributed by atoms with van der Waals surface area (Å²) in [6, 6.07) is 1.96. The number of ether oxygens (including phenoxy) is 1. The summed E-state index contributed by atoms with van der Waals surface area (Å²) >= 11 is 0. The number of alkyl halides is 3. The quantitative estimate of drug-likeness (QED) is 0.513. The molecule has 32 heavy (non-hydrogen) atoms. The second-order valence-corrected chi connectivity index (χ2v) is 7.71. The first-order valence-corrected chi connectivity index (χ1v) is 10.2. The van der Waals surface area contributed by atoms with Crippen molar-refractivity contribution in [3.63, 3.8) is 0 Å². The molecule has 1 fully saturated rings. The minimum absolute atomic E-state index is 0.0701. The molecule has 0 aromatic carbocycles. The maximum Gasteiger partial charge on any atom is 0.417 e. The van der Waals surface area contributed by atoms with Gasteiger partial charge in [-0.1, -0.05) is 0 Å². The molecule has 1 saturated carbocycles. The smallest absolute Gasteiger partial charge is 0.384 e. The van der Waals surface area contributed by atoms with Gasteiger partial charge in [0.2, 0.25) is 0 Å². The van der Waals surface area contributed by atoms with E-state index in [-0.39, 0.29) is 31.4 Å². The molecule has 3 aromatic rings. The number of hydrogen-bond donors (Lipinski definition) is 2. The molecule has 0 unspecified atom stereocenters. The Kier molecular flexibility index (Phi) is 6.11. The van der Waals surface area contributed by atoms with Crippen molar-refractivity contribution >= 4 is 11.6 Å². The van der Waals surface area contributed by atoms with E-state index in [2.05, 4.69) is 20.4 Å². The second-order valence-electron chi connectivity index (χ2n) is 7.71. The van der Waals surface area contributed by atoms with Crippen molar-refractivity contribution in [1.29, 1.82) is 0 Å². The first-order valence-electron chi connectivity index (χ1n) is 10.2. The molecule has 11 heteroatoms. The molecule has 170 valence electrons. The largest absolute Gasteiger partial charge is 0.417 e. The highest BCUT2D eigenvalue weighted by atomic mass is 19.4. The molecule has 0 spiro atoms. The standard InChI is InChI=1S/C21H22F3N5O3/c1-12-18(19-27-8-14(13-2-3-13)10-29(19)28-12)20(31)25-6-7-32-11-17(30)16-5-4-15(9-26-16)21(22,23)24/h4-5,8-10,13,17,30H,2-3,6-7,11H2,1H3,(H,25,31)/t17-/m0/s1. The number of carbonyl (C=O) groups excluding carboxylic acids is 1. The number of aryl methyl sites for hydroxylation is 1. The Labute approximate surface area is 181 Å². The Morgan fingerprint density at radius 1 is 1.31 bits per heavy atom. The lowest BCUT2D eigenvalue weighted by atomic mass is 10.2. The maximum atomic E-state index is 12.6. The highest BCUT2D eigenvalue weighted by Gasteiger charge is 2.31. The van der Waals surface area contributed by atoms with Gasteiger partial charge in [-0.3, -0.25) is 9.78 Å². The topological polar surface area (TPSA) is 102 Å². The summed E-state index contributed by atoms with van der Waals surface area (Å²) in [5.74, 6) is 0.191. The molecule has 1 aliphatic rings. The third-order valence-electron chi connectivity index (χ3n) is 5.21. The number of halogens is 3. The third-order valence-corrected chi connectivity index (χ3v) is 5.21. The first-order chi connectivity index (χ1) is 15.2. The van der Waals surface area contributed by atoms with Crippen LogP contribution in [0.3, 0.4) is 0 Å². The Balaban J connectivity index is 1.26. The van der Waals surface area contributed by atoms with Crippen LogP contribution in [0.25, 0.3) is 5.65 Å². The SMILES string of the molecule is Cc1nn2cc(C3CC3)cnc2c1C(=O)NCCOC[C@H](O)c1ccc(C(F)(F)F)cn1. The van der Waals surface area contributed by atoms with Gasteiger partial charge in [0.15, 0.2) is 5.65 Å². The molecule has 3 heterocycles. The van der Waals surface area contributed by atoms with Crippen molar-refractivity contribution in [2.75, 3.05) is 19.8 Å². The maximum absolute atomic E-state index is 12.6. The molecular weight excluding hydrogens is 427 g/mol. The number of rotatable bonds is 8. The summed E-state index contributed by atoms with van der Waals surface area (Å²) in [6.07, 6.45) is 0.974. The van der Waals surface area contributed by atoms with Crippen molar-refractivity contribution in [1.82, 2.24) is 24.9 Å². The van der Waals surface area contributed by atoms with Crippen LogP contribution in [0.1, 0.15) is 57.7 Å². The summed E-state index contributed by atoms with van der Waals surface area (Å²) in [5, 5.41) is 17.1. The highest BCUT2D eigenvalue weighted by molar-refractivity contribution is 6.00. The number of aliphatic hydroxyl groups is 1. The van der Waals surface area contributed by atoms with Crippen LogP contribution in [0.2, 0.25) is 0 Å². The summed E-state index contributed by atoms with van der Waals surface area (Å²) in [7, 11) is 0. The van der Waals surface area contributed by atoms with Gasteiger partial charge >= 0.3 is 6.18 Å². The normalized spacial score (nSPS) is 15.2. The van der Waals surface area contributed by atoms with Gasteiger partial charge in [-0.05, 0) is 43.4 Å². The molecule has 4 rings (SSSR count). The lowest BCUT2D eigenvalue weighted by molar-refractivity contribution is -0.137. The monoisotopic (exact) mass is 449 g/mol. The minimum atomic E-state index is -4.49. The Hall–Kier alpha value is -3.05. The molecule has 0 radical (unpaired) electrons. The molecule has 3 aromatic heterocycles. The lowest BCUT2D eigenvalue weighted by Crippen LogP contribution is -2.28. The average molecular weight is 449 g/mol. The number of fused-ring (bicyclic) bond motifs is 1. The van der Waals surface area contributed by atoms with Gasteiger partial charge in [0.25, 0.3) is 5.91 Å². The molecule has 2 N–H and O–H groups in total. The lowest BCUT2D eigenvalue weighted by Gasteiger charge is -2.12. The molecule has 1 amide bonds. The van der Waals surface area contributed by atoms with Gasteiger partial charge in [0.1, 0.15) is 11.7 Å². The van der Waals surface area contributed by atoms with E-state index in [1.807, 2.05) is 6.20 Å². The van der Waals surface area contributed by atoms with E-state index in [1.165, 1.54) is 0 Å². The van der Waals surface area contributed by atoms with Gasteiger partial charge in [0, 0.05) is 25.1 Å². The van der Waals surface area contributed by atoms with Crippen LogP contribution in [0.5, 0.6) is 0 Å². The van der Waals surface area contributed by atoms with Crippen LogP contribution in [-0.2, 0) is 10.9 Å². The van der Waals surface area contributed by atoms with Gasteiger partial charge in [-0.2, -0.15) is 18.3 Å². The molecule has 8 nitrogen and oxygen atoms in total. The number of pyridine rings is 1. The van der Waals surface area contributed by atoms with Crippen molar-refractivity contribution in [3.8, 4) is 0 Å². The Morgan fingerprint density at radius 2 is 2.09 bits per heavy atom. The number of nitrogens with one attached hydrogen (secondary N) is 1. The molecule has 1 atom stereocenters. The molecular formula is C21H22F3N5O3. The van der Waals surface area contributed by atoms with Crippen LogP contribution in [0, 0.1) is 6.92 Å². The Bertz CT molecular complexity index is 1110. The van der Waals surface area contributed by atoms with Gasteiger partial charge in [0.05, 0.1) is 30.2 Å². The number of nitrogens with zero attached hydrogens (tertiary/aromatic N) is 4. The van der Waals surface area contributed by atoms with Crippen LogP contribution >= 0.6 is 0 Å². The number of aliphatic hydroxyl groups excluding tert-OH is 1. The number of carbonyl (C=O) groups is 1. The summed E-state index contributed by atoms with van der Waals surface area (Å²) in [6.45, 7) is 1.84. The van der Waals surface area contributed by atoms with Crippen molar-refractivity contribution in [2.45, 2.75) is 38.0 Å². The van der Waals surface area contributed by atoms with E-state index in [4.69, 9.17) is 4.74 Å². The van der Waals surface area contributed by atoms with E-state index in [1.54, 1.807) is 17.6 Å². The predicted molar refractivity (Wildman–Crippen MR) is 107 cm³/mol. The van der Waals surface area contributed by atoms with E-state index in [0.717, 1.165) is 30.5 Å². The van der Waals surface area contributed by atoms with Crippen LogP contribution in [0.4, 0.5) is 13.2 Å². The summed E-state index contributed by atoms with van der Waals surface area (Å²) in [4.78, 5) is 20.6. The van der Waals surface area contributed by atoms with Crippen LogP contribution < -0.4 is 5.32 Å². The summed E-state index contributed by atoms with van der Waals surface area (Å²) < 4.78 is 44.6. The number of aromatic nitrogens is 4. The molecule has 0 saturated heterocycles. The number of hydrogen-bond acceptors (Lipinski definition) is 6. The fourth-order valence-electron chi connectivity index (χ4n) is 3.33. The van der Waals surface area contributed by atoms with Gasteiger partial charge in [-0.25, -0.2) is 9.50 Å². The zero-order valence-electron chi connectivity index (χ0n) is 17.3. The van der Waals surface area contributed by atoms with Crippen molar-refractivity contribution < 1.29 is 27.8 Å². The fourth-order valence-corrected chi connectivity index (χ4v) is 3.33. The van der Waals surface area contributed by atoms with E-state index in [9.17, 15) is 23.1 Å². The molecule has 0 bridgehead atoms. The fraction of sp³-hybridized carbons (Fsp3) is 0.429. The van der Waals surface area contributed by atoms with Crippen LogP contribution in [0.15, 0.2) is 30.7 Å². The van der Waals surface area contributed by atoms with E-state index in [0.29, 0.717) is 29.0 Å². The van der Waals surface area contributed by atoms with Gasteiger partial charge < -0.3 is 15.2 Å². The zero-order valence-corrected chi connectivity index (χ0v) is 17.3. The summed E-state index contributed by atoms with van der Waals surface area (Å²) in [5.41, 5.74) is 1.73. The highest BCUT2D eigenvalue weighted by Crippen LogP contribution is 2.39. The Morgan fingerprint density at radius 3 is 2.75 bits per heavy atom. The zero-order chi connectivity index (χ0) is 22.9. The van der Waals surface area contributed by atoms with E-state index < -0.39 is 17.8 Å². The second kappa shape index (κ2) is 8.83.